The van der Waals surface area contributed by atoms with Crippen LogP contribution in [0.25, 0.3) is 0 Å². The minimum Gasteiger partial charge on any atom is -0.372 e. The molecular weight excluding hydrogens is 328 g/mol. The predicted molar refractivity (Wildman–Crippen MR) is 91.1 cm³/mol. The number of amides is 1. The Morgan fingerprint density at radius 1 is 1.38 bits per heavy atom. The van der Waals surface area contributed by atoms with E-state index in [1.807, 2.05) is 42.2 Å². The molecule has 2 aromatic rings. The minimum atomic E-state index is -0.666. The zero-order chi connectivity index (χ0) is 16.7. The van der Waals surface area contributed by atoms with E-state index >= 15 is 0 Å². The normalized spacial score (nSPS) is 25.2. The van der Waals surface area contributed by atoms with E-state index in [0.717, 1.165) is 11.3 Å². The molecule has 2 aliphatic heterocycles. The topological polar surface area (TPSA) is 67.3 Å². The number of nitrogens with zero attached hydrogens (tertiary/aromatic N) is 3. The van der Waals surface area contributed by atoms with Gasteiger partial charge in [0, 0.05) is 19.0 Å². The van der Waals surface area contributed by atoms with Gasteiger partial charge in [-0.15, -0.1) is 10.2 Å². The van der Waals surface area contributed by atoms with Crippen LogP contribution in [0.4, 0.5) is 11.5 Å². The van der Waals surface area contributed by atoms with Crippen molar-refractivity contribution in [2.24, 2.45) is 0 Å². The Hall–Kier alpha value is -2.18. The number of hydrogen-bond acceptors (Lipinski definition) is 5. The fourth-order valence-electron chi connectivity index (χ4n) is 3.40. The van der Waals surface area contributed by atoms with Crippen molar-refractivity contribution in [3.8, 4) is 0 Å². The summed E-state index contributed by atoms with van der Waals surface area (Å²) < 4.78 is 6.05. The van der Waals surface area contributed by atoms with Crippen LogP contribution in [0.5, 0.6) is 0 Å². The second-order valence-electron chi connectivity index (χ2n) is 6.36. The Morgan fingerprint density at radius 2 is 2.17 bits per heavy atom. The standard InChI is InChI=1S/C17H17ClN4O2/c1-17-8-12(24-10-11-5-3-2-4-6-11)9-22(17)13-7-14(18)20-21-15(13)19-16(17)23/h2-7,12H,8-10H2,1H3,(H,19,21,23)/t12-,17+/m1/s1. The summed E-state index contributed by atoms with van der Waals surface area (Å²) in [5.74, 6) is 0.364. The molecule has 0 bridgehead atoms. The zero-order valence-electron chi connectivity index (χ0n) is 13.2. The van der Waals surface area contributed by atoms with Gasteiger partial charge >= 0.3 is 0 Å². The first-order valence-electron chi connectivity index (χ1n) is 7.84. The van der Waals surface area contributed by atoms with E-state index in [0.29, 0.717) is 30.5 Å². The SMILES string of the molecule is C[C@@]12C[C@@H](OCc3ccccc3)CN1c1cc(Cl)nnc1NC2=O. The summed E-state index contributed by atoms with van der Waals surface area (Å²) in [7, 11) is 0. The summed E-state index contributed by atoms with van der Waals surface area (Å²) in [4.78, 5) is 14.6. The van der Waals surface area contributed by atoms with Gasteiger partial charge in [-0.1, -0.05) is 41.9 Å². The van der Waals surface area contributed by atoms with Gasteiger partial charge in [0.25, 0.3) is 5.91 Å². The van der Waals surface area contributed by atoms with E-state index in [1.165, 1.54) is 0 Å². The van der Waals surface area contributed by atoms with Gasteiger partial charge in [-0.2, -0.15) is 0 Å². The highest BCUT2D eigenvalue weighted by Crippen LogP contribution is 2.43. The Balaban J connectivity index is 1.56. The number of fused-ring (bicyclic) bond motifs is 3. The van der Waals surface area contributed by atoms with Crippen molar-refractivity contribution < 1.29 is 9.53 Å². The van der Waals surface area contributed by atoms with Crippen LogP contribution in [0, 0.1) is 0 Å². The maximum atomic E-state index is 12.6. The van der Waals surface area contributed by atoms with Gasteiger partial charge in [-0.25, -0.2) is 0 Å². The van der Waals surface area contributed by atoms with Crippen molar-refractivity contribution >= 4 is 29.0 Å². The Bertz CT molecular complexity index is 785. The first kappa shape index (κ1) is 15.4. The molecule has 1 saturated heterocycles. The number of ether oxygens (including phenoxy) is 1. The molecule has 0 aliphatic carbocycles. The van der Waals surface area contributed by atoms with Gasteiger partial charge in [0.1, 0.15) is 5.54 Å². The molecule has 4 rings (SSSR count). The van der Waals surface area contributed by atoms with Crippen molar-refractivity contribution in [3.05, 3.63) is 47.1 Å². The monoisotopic (exact) mass is 344 g/mol. The van der Waals surface area contributed by atoms with Gasteiger partial charge in [-0.05, 0) is 12.5 Å². The highest BCUT2D eigenvalue weighted by Gasteiger charge is 2.51. The highest BCUT2D eigenvalue weighted by molar-refractivity contribution is 6.29. The van der Waals surface area contributed by atoms with Crippen molar-refractivity contribution in [3.63, 3.8) is 0 Å². The summed E-state index contributed by atoms with van der Waals surface area (Å²) in [6, 6.07) is 11.8. The van der Waals surface area contributed by atoms with Gasteiger partial charge in [-0.3, -0.25) is 4.79 Å². The number of benzene rings is 1. The summed E-state index contributed by atoms with van der Waals surface area (Å²) in [5, 5.41) is 10.9. The van der Waals surface area contributed by atoms with E-state index in [4.69, 9.17) is 16.3 Å². The number of rotatable bonds is 3. The van der Waals surface area contributed by atoms with Crippen LogP contribution < -0.4 is 10.2 Å². The molecule has 3 heterocycles. The molecule has 0 saturated carbocycles. The van der Waals surface area contributed by atoms with Crippen molar-refractivity contribution in [1.29, 1.82) is 0 Å². The molecule has 0 radical (unpaired) electrons. The Kier molecular flexibility index (Phi) is 3.66. The molecule has 7 heteroatoms. The molecule has 1 amide bonds. The molecule has 0 spiro atoms. The number of aromatic nitrogens is 2. The Labute approximate surface area is 144 Å². The lowest BCUT2D eigenvalue weighted by atomic mass is 9.94. The maximum Gasteiger partial charge on any atom is 0.251 e. The van der Waals surface area contributed by atoms with Crippen LogP contribution >= 0.6 is 11.6 Å². The summed E-state index contributed by atoms with van der Waals surface area (Å²) in [5.41, 5.74) is 1.25. The first-order valence-corrected chi connectivity index (χ1v) is 8.22. The van der Waals surface area contributed by atoms with Gasteiger partial charge in [0.15, 0.2) is 11.0 Å². The largest absolute Gasteiger partial charge is 0.372 e. The molecule has 2 atom stereocenters. The summed E-state index contributed by atoms with van der Waals surface area (Å²) in [6.45, 7) is 3.07. The smallest absolute Gasteiger partial charge is 0.251 e. The van der Waals surface area contributed by atoms with Crippen LogP contribution in [0.3, 0.4) is 0 Å². The maximum absolute atomic E-state index is 12.6. The number of anilines is 2. The fourth-order valence-corrected chi connectivity index (χ4v) is 3.54. The number of hydrogen-bond donors (Lipinski definition) is 1. The second kappa shape index (κ2) is 5.72. The van der Waals surface area contributed by atoms with Gasteiger partial charge in [0.05, 0.1) is 18.4 Å². The molecule has 1 N–H and O–H groups in total. The average Bonchev–Trinajstić information content (AvgIpc) is 2.94. The zero-order valence-corrected chi connectivity index (χ0v) is 14.0. The highest BCUT2D eigenvalue weighted by atomic mass is 35.5. The lowest BCUT2D eigenvalue weighted by Crippen LogP contribution is -2.54. The third kappa shape index (κ3) is 2.52. The molecule has 24 heavy (non-hydrogen) atoms. The molecule has 2 aliphatic rings. The van der Waals surface area contributed by atoms with Crippen LogP contribution in [0.1, 0.15) is 18.9 Å². The van der Waals surface area contributed by atoms with E-state index in [2.05, 4.69) is 15.5 Å². The quantitative estimate of drug-likeness (QED) is 0.927. The van der Waals surface area contributed by atoms with E-state index < -0.39 is 5.54 Å². The third-order valence-corrected chi connectivity index (χ3v) is 4.88. The van der Waals surface area contributed by atoms with Crippen molar-refractivity contribution in [1.82, 2.24) is 10.2 Å². The lowest BCUT2D eigenvalue weighted by Gasteiger charge is -2.39. The lowest BCUT2D eigenvalue weighted by molar-refractivity contribution is -0.121. The van der Waals surface area contributed by atoms with Gasteiger partial charge < -0.3 is 15.0 Å². The van der Waals surface area contributed by atoms with Crippen LogP contribution in [0.2, 0.25) is 5.15 Å². The predicted octanol–water partition coefficient (Wildman–Crippen LogP) is 2.64. The van der Waals surface area contributed by atoms with Crippen LogP contribution in [-0.4, -0.2) is 34.3 Å². The summed E-state index contributed by atoms with van der Waals surface area (Å²) >= 11 is 5.98. The molecule has 1 fully saturated rings. The van der Waals surface area contributed by atoms with Crippen molar-refractivity contribution in [2.75, 3.05) is 16.8 Å². The molecule has 124 valence electrons. The Morgan fingerprint density at radius 3 is 2.96 bits per heavy atom. The molecule has 6 nitrogen and oxygen atoms in total. The third-order valence-electron chi connectivity index (χ3n) is 4.69. The first-order chi connectivity index (χ1) is 11.6. The molecule has 0 unspecified atom stereocenters. The van der Waals surface area contributed by atoms with Crippen LogP contribution in [0.15, 0.2) is 36.4 Å². The van der Waals surface area contributed by atoms with Crippen molar-refractivity contribution in [2.45, 2.75) is 31.6 Å². The second-order valence-corrected chi connectivity index (χ2v) is 6.75. The molecular formula is C17H17ClN4O2. The fraction of sp³-hybridized carbons (Fsp3) is 0.353. The minimum absolute atomic E-state index is 0.0427. The van der Waals surface area contributed by atoms with E-state index in [-0.39, 0.29) is 12.0 Å². The number of halogens is 1. The molecule has 1 aromatic carbocycles. The van der Waals surface area contributed by atoms with Gasteiger partial charge in [0.2, 0.25) is 0 Å². The van der Waals surface area contributed by atoms with E-state index in [9.17, 15) is 4.79 Å². The van der Waals surface area contributed by atoms with Crippen LogP contribution in [-0.2, 0) is 16.1 Å². The molecule has 1 aromatic heterocycles. The number of nitrogens with one attached hydrogen (secondary N) is 1. The van der Waals surface area contributed by atoms with E-state index in [1.54, 1.807) is 6.07 Å². The number of carbonyl (C=O) groups is 1. The summed E-state index contributed by atoms with van der Waals surface area (Å²) in [6.07, 6.45) is 0.573. The average molecular weight is 345 g/mol. The number of carbonyl (C=O) groups excluding carboxylic acids is 1.